The zero-order valence-electron chi connectivity index (χ0n) is 10.2. The molecule has 0 aliphatic carbocycles. The molecule has 0 spiro atoms. The van der Waals surface area contributed by atoms with Crippen LogP contribution in [0.3, 0.4) is 0 Å². The summed E-state index contributed by atoms with van der Waals surface area (Å²) in [6.07, 6.45) is 2.35. The van der Waals surface area contributed by atoms with E-state index in [1.807, 2.05) is 4.90 Å². The second-order valence-corrected chi connectivity index (χ2v) is 5.87. The predicted octanol–water partition coefficient (Wildman–Crippen LogP) is 2.68. The minimum atomic E-state index is -0.253. The van der Waals surface area contributed by atoms with Crippen LogP contribution in [-0.2, 0) is 4.79 Å². The molecule has 1 saturated heterocycles. The molecule has 1 aliphatic heterocycles. The maximum Gasteiger partial charge on any atom is 0.228 e. The Hall–Kier alpha value is -0.530. The van der Waals surface area contributed by atoms with Crippen molar-refractivity contribution in [2.45, 2.75) is 47.5 Å². The average molecular weight is 197 g/mol. The Morgan fingerprint density at radius 3 is 1.79 bits per heavy atom. The molecule has 1 aliphatic rings. The third kappa shape index (κ3) is 1.94. The molecule has 1 fully saturated rings. The number of nitrogens with zero attached hydrogens (tertiary/aromatic N) is 1. The smallest absolute Gasteiger partial charge is 0.228 e. The Balaban J connectivity index is 2.76. The molecule has 0 aromatic rings. The van der Waals surface area contributed by atoms with Crippen molar-refractivity contribution >= 4 is 5.91 Å². The average Bonchev–Trinajstić information content (AvgIpc) is 2.52. The van der Waals surface area contributed by atoms with Crippen molar-refractivity contribution in [1.82, 2.24) is 4.90 Å². The van der Waals surface area contributed by atoms with Gasteiger partial charge in [-0.2, -0.15) is 0 Å². The quantitative estimate of drug-likeness (QED) is 0.633. The van der Waals surface area contributed by atoms with E-state index in [1.54, 1.807) is 0 Å². The van der Waals surface area contributed by atoms with Crippen LogP contribution in [0.25, 0.3) is 0 Å². The second-order valence-electron chi connectivity index (χ2n) is 5.87. The SMILES string of the molecule is CC(C)(C)C(C)(C)C(=O)N1CCCC1. The summed E-state index contributed by atoms with van der Waals surface area (Å²) in [5.41, 5.74) is -0.218. The zero-order valence-corrected chi connectivity index (χ0v) is 10.2. The first-order valence-electron chi connectivity index (χ1n) is 5.56. The molecule has 0 radical (unpaired) electrons. The molecule has 0 atom stereocenters. The topological polar surface area (TPSA) is 20.3 Å². The van der Waals surface area contributed by atoms with Gasteiger partial charge in [-0.25, -0.2) is 0 Å². The van der Waals surface area contributed by atoms with Crippen molar-refractivity contribution < 1.29 is 4.79 Å². The highest BCUT2D eigenvalue weighted by molar-refractivity contribution is 5.83. The van der Waals surface area contributed by atoms with E-state index in [-0.39, 0.29) is 10.8 Å². The summed E-state index contributed by atoms with van der Waals surface area (Å²) in [5.74, 6) is 0.322. The molecule has 0 aromatic heterocycles. The molecule has 2 heteroatoms. The minimum Gasteiger partial charge on any atom is -0.342 e. The number of hydrogen-bond acceptors (Lipinski definition) is 1. The van der Waals surface area contributed by atoms with Crippen molar-refractivity contribution in [2.24, 2.45) is 10.8 Å². The summed E-state index contributed by atoms with van der Waals surface area (Å²) in [6.45, 7) is 12.5. The summed E-state index contributed by atoms with van der Waals surface area (Å²) < 4.78 is 0. The summed E-state index contributed by atoms with van der Waals surface area (Å²) in [5, 5.41) is 0. The highest BCUT2D eigenvalue weighted by Crippen LogP contribution is 2.39. The lowest BCUT2D eigenvalue weighted by Gasteiger charge is -2.39. The van der Waals surface area contributed by atoms with Crippen LogP contribution in [0.4, 0.5) is 0 Å². The Morgan fingerprint density at radius 2 is 1.43 bits per heavy atom. The maximum absolute atomic E-state index is 12.2. The van der Waals surface area contributed by atoms with Gasteiger partial charge >= 0.3 is 0 Å². The number of carbonyl (C=O) groups excluding carboxylic acids is 1. The van der Waals surface area contributed by atoms with Crippen molar-refractivity contribution in [3.05, 3.63) is 0 Å². The molecule has 2 nitrogen and oxygen atoms in total. The molecule has 82 valence electrons. The number of likely N-dealkylation sites (tertiary alicyclic amines) is 1. The highest BCUT2D eigenvalue weighted by Gasteiger charge is 2.42. The van der Waals surface area contributed by atoms with Crippen LogP contribution in [-0.4, -0.2) is 23.9 Å². The predicted molar refractivity (Wildman–Crippen MR) is 59.1 cm³/mol. The van der Waals surface area contributed by atoms with E-state index in [2.05, 4.69) is 34.6 Å². The number of amides is 1. The second kappa shape index (κ2) is 3.56. The third-order valence-corrected chi connectivity index (χ3v) is 3.80. The summed E-state index contributed by atoms with van der Waals surface area (Å²) in [4.78, 5) is 14.3. The van der Waals surface area contributed by atoms with Crippen LogP contribution >= 0.6 is 0 Å². The minimum absolute atomic E-state index is 0.0344. The third-order valence-electron chi connectivity index (χ3n) is 3.80. The van der Waals surface area contributed by atoms with Crippen molar-refractivity contribution in [3.8, 4) is 0 Å². The van der Waals surface area contributed by atoms with Crippen LogP contribution in [0.15, 0.2) is 0 Å². The van der Waals surface area contributed by atoms with Gasteiger partial charge in [0.2, 0.25) is 5.91 Å². The van der Waals surface area contributed by atoms with Crippen LogP contribution in [0.1, 0.15) is 47.5 Å². The molecule has 0 saturated carbocycles. The molecule has 0 unspecified atom stereocenters. The fourth-order valence-electron chi connectivity index (χ4n) is 1.64. The highest BCUT2D eigenvalue weighted by atomic mass is 16.2. The van der Waals surface area contributed by atoms with Crippen molar-refractivity contribution in [3.63, 3.8) is 0 Å². The Kier molecular flexibility index (Phi) is 2.93. The van der Waals surface area contributed by atoms with Crippen LogP contribution in [0.2, 0.25) is 0 Å². The first-order chi connectivity index (χ1) is 6.27. The normalized spacial score (nSPS) is 18.8. The van der Waals surface area contributed by atoms with Gasteiger partial charge in [0, 0.05) is 18.5 Å². The number of rotatable bonds is 1. The van der Waals surface area contributed by atoms with E-state index in [0.29, 0.717) is 5.91 Å². The Bertz CT molecular complexity index is 219. The summed E-state index contributed by atoms with van der Waals surface area (Å²) in [7, 11) is 0. The molecule has 0 N–H and O–H groups in total. The molecule has 14 heavy (non-hydrogen) atoms. The van der Waals surface area contributed by atoms with Gasteiger partial charge < -0.3 is 4.90 Å². The van der Waals surface area contributed by atoms with Crippen LogP contribution < -0.4 is 0 Å². The molecule has 1 heterocycles. The molecule has 0 aromatic carbocycles. The van der Waals surface area contributed by atoms with Gasteiger partial charge in [-0.15, -0.1) is 0 Å². The largest absolute Gasteiger partial charge is 0.342 e. The molecular formula is C12H23NO. The first kappa shape index (κ1) is 11.5. The molecule has 0 bridgehead atoms. The van der Waals surface area contributed by atoms with Gasteiger partial charge in [0.15, 0.2) is 0 Å². The van der Waals surface area contributed by atoms with Gasteiger partial charge in [-0.05, 0) is 18.3 Å². The monoisotopic (exact) mass is 197 g/mol. The van der Waals surface area contributed by atoms with E-state index < -0.39 is 0 Å². The fourth-order valence-corrected chi connectivity index (χ4v) is 1.64. The Morgan fingerprint density at radius 1 is 1.00 bits per heavy atom. The maximum atomic E-state index is 12.2. The van der Waals surface area contributed by atoms with E-state index in [1.165, 1.54) is 12.8 Å². The van der Waals surface area contributed by atoms with E-state index in [9.17, 15) is 4.79 Å². The number of carbonyl (C=O) groups is 1. The zero-order chi connectivity index (χ0) is 11.0. The summed E-state index contributed by atoms with van der Waals surface area (Å²) >= 11 is 0. The molecular weight excluding hydrogens is 174 g/mol. The Labute approximate surface area is 87.7 Å². The van der Waals surface area contributed by atoms with Crippen molar-refractivity contribution in [1.29, 1.82) is 0 Å². The van der Waals surface area contributed by atoms with Gasteiger partial charge in [-0.3, -0.25) is 4.79 Å². The lowest BCUT2D eigenvalue weighted by Crippen LogP contribution is -2.46. The lowest BCUT2D eigenvalue weighted by molar-refractivity contribution is -0.145. The lowest BCUT2D eigenvalue weighted by atomic mass is 9.68. The van der Waals surface area contributed by atoms with Crippen LogP contribution in [0.5, 0.6) is 0 Å². The summed E-state index contributed by atoms with van der Waals surface area (Å²) in [6, 6.07) is 0. The van der Waals surface area contributed by atoms with E-state index >= 15 is 0 Å². The first-order valence-corrected chi connectivity index (χ1v) is 5.56. The van der Waals surface area contributed by atoms with Gasteiger partial charge in [0.05, 0.1) is 0 Å². The standard InChI is InChI=1S/C12H23NO/c1-11(2,3)12(4,5)10(14)13-8-6-7-9-13/h6-9H2,1-5H3. The van der Waals surface area contributed by atoms with Crippen LogP contribution in [0, 0.1) is 10.8 Å². The van der Waals surface area contributed by atoms with Gasteiger partial charge in [0.25, 0.3) is 0 Å². The number of hydrogen-bond donors (Lipinski definition) is 0. The molecule has 1 rings (SSSR count). The molecule has 1 amide bonds. The van der Waals surface area contributed by atoms with E-state index in [0.717, 1.165) is 13.1 Å². The van der Waals surface area contributed by atoms with E-state index in [4.69, 9.17) is 0 Å². The van der Waals surface area contributed by atoms with Gasteiger partial charge in [0.1, 0.15) is 0 Å². The fraction of sp³-hybridized carbons (Fsp3) is 0.917. The van der Waals surface area contributed by atoms with Gasteiger partial charge in [-0.1, -0.05) is 34.6 Å². The van der Waals surface area contributed by atoms with Crippen molar-refractivity contribution in [2.75, 3.05) is 13.1 Å².